The molecule has 1 saturated heterocycles. The zero-order valence-corrected chi connectivity index (χ0v) is 13.0. The average Bonchev–Trinajstić information content (AvgIpc) is 2.96. The molecule has 0 unspecified atom stereocenters. The van der Waals surface area contributed by atoms with Gasteiger partial charge < -0.3 is 10.2 Å². The van der Waals surface area contributed by atoms with E-state index in [2.05, 4.69) is 20.4 Å². The van der Waals surface area contributed by atoms with Crippen molar-refractivity contribution >= 4 is 22.6 Å². The summed E-state index contributed by atoms with van der Waals surface area (Å²) in [5.41, 5.74) is 0.972. The fourth-order valence-electron chi connectivity index (χ4n) is 2.81. The molecular formula is C16H15FN6O. The van der Waals surface area contributed by atoms with E-state index in [-0.39, 0.29) is 17.8 Å². The summed E-state index contributed by atoms with van der Waals surface area (Å²) in [5.74, 6) is 0.245. The van der Waals surface area contributed by atoms with Gasteiger partial charge in [-0.05, 0) is 18.2 Å². The summed E-state index contributed by atoms with van der Waals surface area (Å²) in [7, 11) is 1.77. The van der Waals surface area contributed by atoms with Crippen LogP contribution in [0.25, 0.3) is 10.9 Å². The van der Waals surface area contributed by atoms with E-state index in [1.807, 2.05) is 4.90 Å². The minimum absolute atomic E-state index is 0.0324. The molecule has 24 heavy (non-hydrogen) atoms. The van der Waals surface area contributed by atoms with Crippen LogP contribution in [0.5, 0.6) is 0 Å². The van der Waals surface area contributed by atoms with E-state index >= 15 is 0 Å². The molecule has 4 rings (SSSR count). The van der Waals surface area contributed by atoms with Gasteiger partial charge in [-0.1, -0.05) is 0 Å². The number of nitrogens with one attached hydrogen (secondary N) is 1. The van der Waals surface area contributed by atoms with E-state index < -0.39 is 0 Å². The Kier molecular flexibility index (Phi) is 3.37. The monoisotopic (exact) mass is 326 g/mol. The first-order valence-electron chi connectivity index (χ1n) is 7.56. The van der Waals surface area contributed by atoms with E-state index in [1.165, 1.54) is 18.5 Å². The van der Waals surface area contributed by atoms with Gasteiger partial charge in [0.05, 0.1) is 11.6 Å². The zero-order valence-electron chi connectivity index (χ0n) is 13.0. The Hall–Kier alpha value is -3.03. The third-order valence-corrected chi connectivity index (χ3v) is 4.04. The molecule has 1 aromatic carbocycles. The van der Waals surface area contributed by atoms with Crippen molar-refractivity contribution in [2.45, 2.75) is 6.04 Å². The number of fused-ring (bicyclic) bond motifs is 1. The average molecular weight is 326 g/mol. The van der Waals surface area contributed by atoms with E-state index in [1.54, 1.807) is 30.1 Å². The Balaban J connectivity index is 1.45. The molecular weight excluding hydrogens is 311 g/mol. The van der Waals surface area contributed by atoms with Crippen LogP contribution in [-0.4, -0.2) is 44.8 Å². The molecule has 3 aromatic rings. The molecule has 0 aliphatic carbocycles. The summed E-state index contributed by atoms with van der Waals surface area (Å²) in [4.78, 5) is 22.5. The highest BCUT2D eigenvalue weighted by molar-refractivity contribution is 5.93. The second-order valence-corrected chi connectivity index (χ2v) is 5.81. The molecule has 0 saturated carbocycles. The van der Waals surface area contributed by atoms with Gasteiger partial charge in [0.2, 0.25) is 0 Å². The zero-order chi connectivity index (χ0) is 16.7. The maximum atomic E-state index is 13.3. The molecule has 1 N–H and O–H groups in total. The molecule has 1 aliphatic heterocycles. The molecule has 8 heteroatoms. The van der Waals surface area contributed by atoms with E-state index in [0.29, 0.717) is 24.3 Å². The quantitative estimate of drug-likeness (QED) is 0.781. The summed E-state index contributed by atoms with van der Waals surface area (Å²) >= 11 is 0. The molecule has 0 bridgehead atoms. The van der Waals surface area contributed by atoms with Gasteiger partial charge in [0.25, 0.3) is 5.91 Å². The first-order chi connectivity index (χ1) is 11.6. The fraction of sp³-hybridized carbons (Fsp3) is 0.250. The maximum Gasteiger partial charge on any atom is 0.272 e. The van der Waals surface area contributed by atoms with Crippen LogP contribution < -0.4 is 10.2 Å². The van der Waals surface area contributed by atoms with E-state index in [0.717, 1.165) is 11.2 Å². The van der Waals surface area contributed by atoms with Crippen molar-refractivity contribution in [3.8, 4) is 0 Å². The molecule has 1 aliphatic rings. The lowest BCUT2D eigenvalue weighted by Gasteiger charge is -2.40. The molecule has 3 heterocycles. The van der Waals surface area contributed by atoms with Gasteiger partial charge >= 0.3 is 0 Å². The maximum absolute atomic E-state index is 13.3. The molecule has 1 fully saturated rings. The Labute approximate surface area is 137 Å². The van der Waals surface area contributed by atoms with Crippen LogP contribution in [0.15, 0.2) is 36.8 Å². The Morgan fingerprint density at radius 3 is 2.88 bits per heavy atom. The number of nitrogens with zero attached hydrogens (tertiary/aromatic N) is 5. The fourth-order valence-corrected chi connectivity index (χ4v) is 2.81. The van der Waals surface area contributed by atoms with Crippen LogP contribution in [0.2, 0.25) is 0 Å². The predicted octanol–water partition coefficient (Wildman–Crippen LogP) is 1.12. The van der Waals surface area contributed by atoms with Crippen LogP contribution in [-0.2, 0) is 7.05 Å². The second-order valence-electron chi connectivity index (χ2n) is 5.81. The number of halogens is 1. The highest BCUT2D eigenvalue weighted by Gasteiger charge is 2.30. The second kappa shape index (κ2) is 5.55. The molecule has 0 atom stereocenters. The van der Waals surface area contributed by atoms with E-state index in [4.69, 9.17) is 0 Å². The summed E-state index contributed by atoms with van der Waals surface area (Å²) in [5, 5.41) is 7.83. The largest absolute Gasteiger partial charge is 0.352 e. The van der Waals surface area contributed by atoms with Gasteiger partial charge in [-0.25, -0.2) is 14.4 Å². The van der Waals surface area contributed by atoms with Crippen LogP contribution in [0.1, 0.15) is 10.5 Å². The molecule has 0 spiro atoms. The van der Waals surface area contributed by atoms with Gasteiger partial charge in [-0.2, -0.15) is 5.10 Å². The summed E-state index contributed by atoms with van der Waals surface area (Å²) in [6, 6.07) is 6.18. The van der Waals surface area contributed by atoms with Crippen LogP contribution in [0, 0.1) is 5.82 Å². The van der Waals surface area contributed by atoms with Crippen molar-refractivity contribution in [3.05, 3.63) is 48.3 Å². The first-order valence-corrected chi connectivity index (χ1v) is 7.56. The number of carbonyl (C=O) groups excluding carboxylic acids is 1. The molecule has 2 aromatic heterocycles. The molecule has 7 nitrogen and oxygen atoms in total. The molecule has 122 valence electrons. The van der Waals surface area contributed by atoms with Crippen molar-refractivity contribution in [1.29, 1.82) is 0 Å². The van der Waals surface area contributed by atoms with Crippen LogP contribution in [0.4, 0.5) is 10.2 Å². The van der Waals surface area contributed by atoms with E-state index in [9.17, 15) is 9.18 Å². The molecule has 1 amide bonds. The smallest absolute Gasteiger partial charge is 0.272 e. The normalized spacial score (nSPS) is 14.7. The number of aryl methyl sites for hydroxylation is 1. The number of carbonyl (C=O) groups is 1. The first kappa shape index (κ1) is 14.6. The molecule has 0 radical (unpaired) electrons. The Morgan fingerprint density at radius 2 is 2.12 bits per heavy atom. The van der Waals surface area contributed by atoms with Crippen molar-refractivity contribution in [2.24, 2.45) is 7.05 Å². The number of anilines is 1. The number of hydrogen-bond acceptors (Lipinski definition) is 5. The van der Waals surface area contributed by atoms with Crippen LogP contribution >= 0.6 is 0 Å². The summed E-state index contributed by atoms with van der Waals surface area (Å²) < 4.78 is 14.9. The van der Waals surface area contributed by atoms with Gasteiger partial charge in [0, 0.05) is 37.8 Å². The SMILES string of the molecule is Cn1ccc(C(=O)NC2CN(c3ncnc4cc(F)ccc34)C2)n1. The lowest BCUT2D eigenvalue weighted by molar-refractivity contribution is 0.0924. The number of aromatic nitrogens is 4. The summed E-state index contributed by atoms with van der Waals surface area (Å²) in [6.45, 7) is 1.28. The van der Waals surface area contributed by atoms with Crippen molar-refractivity contribution in [3.63, 3.8) is 0 Å². The summed E-state index contributed by atoms with van der Waals surface area (Å²) in [6.07, 6.45) is 3.16. The van der Waals surface area contributed by atoms with Crippen molar-refractivity contribution < 1.29 is 9.18 Å². The number of benzene rings is 1. The third kappa shape index (κ3) is 2.55. The predicted molar refractivity (Wildman–Crippen MR) is 86.2 cm³/mol. The van der Waals surface area contributed by atoms with Gasteiger partial charge in [0.15, 0.2) is 0 Å². The number of rotatable bonds is 3. The highest BCUT2D eigenvalue weighted by Crippen LogP contribution is 2.27. The minimum atomic E-state index is -0.323. The lowest BCUT2D eigenvalue weighted by Crippen LogP contribution is -2.59. The number of amides is 1. The van der Waals surface area contributed by atoms with Crippen LogP contribution in [0.3, 0.4) is 0 Å². The van der Waals surface area contributed by atoms with Crippen molar-refractivity contribution in [1.82, 2.24) is 25.1 Å². The van der Waals surface area contributed by atoms with Gasteiger partial charge in [0.1, 0.15) is 23.7 Å². The van der Waals surface area contributed by atoms with Gasteiger partial charge in [-0.15, -0.1) is 0 Å². The topological polar surface area (TPSA) is 75.9 Å². The third-order valence-electron chi connectivity index (χ3n) is 4.04. The highest BCUT2D eigenvalue weighted by atomic mass is 19.1. The van der Waals surface area contributed by atoms with Gasteiger partial charge in [-0.3, -0.25) is 9.48 Å². The minimum Gasteiger partial charge on any atom is -0.352 e. The standard InChI is InChI=1S/C16H15FN6O/c1-22-5-4-13(21-22)16(24)20-11-7-23(8-11)15-12-3-2-10(17)6-14(12)18-9-19-15/h2-6,9,11H,7-8H2,1H3,(H,20,24). The van der Waals surface area contributed by atoms with Crippen molar-refractivity contribution in [2.75, 3.05) is 18.0 Å². The Bertz CT molecular complexity index is 918. The Morgan fingerprint density at radius 1 is 1.29 bits per heavy atom. The number of hydrogen-bond donors (Lipinski definition) is 1. The lowest BCUT2D eigenvalue weighted by atomic mass is 10.1.